The summed E-state index contributed by atoms with van der Waals surface area (Å²) in [5, 5.41) is 2.56. The molecule has 1 aromatic heterocycles. The maximum absolute atomic E-state index is 12.2. The first kappa shape index (κ1) is 16.5. The van der Waals surface area contributed by atoms with Gasteiger partial charge in [-0.2, -0.15) is 0 Å². The Morgan fingerprint density at radius 1 is 1.39 bits per heavy atom. The lowest BCUT2D eigenvalue weighted by atomic mass is 10.2. The van der Waals surface area contributed by atoms with Gasteiger partial charge in [0, 0.05) is 12.1 Å². The smallest absolute Gasteiger partial charge is 0.361 e. The Bertz CT molecular complexity index is 707. The van der Waals surface area contributed by atoms with Gasteiger partial charge in [-0.15, -0.1) is 6.58 Å². The van der Waals surface area contributed by atoms with Crippen LogP contribution in [0.15, 0.2) is 47.4 Å². The SMILES string of the molecule is C=CCNC(=O)[C@@H](C)OC(=O)c1nc(-c2ccccc2)oc1C. The number of amides is 1. The van der Waals surface area contributed by atoms with Gasteiger partial charge in [-0.1, -0.05) is 24.3 Å². The molecular formula is C17H18N2O4. The van der Waals surface area contributed by atoms with Crippen LogP contribution in [0, 0.1) is 6.92 Å². The van der Waals surface area contributed by atoms with E-state index in [4.69, 9.17) is 9.15 Å². The van der Waals surface area contributed by atoms with Gasteiger partial charge in [-0.05, 0) is 26.0 Å². The molecule has 23 heavy (non-hydrogen) atoms. The lowest BCUT2D eigenvalue weighted by Crippen LogP contribution is -2.36. The normalized spacial score (nSPS) is 11.6. The second-order valence-electron chi connectivity index (χ2n) is 4.87. The van der Waals surface area contributed by atoms with Crippen molar-refractivity contribution in [3.63, 3.8) is 0 Å². The van der Waals surface area contributed by atoms with Crippen molar-refractivity contribution in [1.82, 2.24) is 10.3 Å². The standard InChI is InChI=1S/C17H18N2O4/c1-4-10-18-15(20)12(3)23-17(21)14-11(2)22-16(19-14)13-8-6-5-7-9-13/h4-9,12H,1,10H2,2-3H3,(H,18,20)/t12-/m1/s1. The fourth-order valence-electron chi connectivity index (χ4n) is 1.88. The number of esters is 1. The number of hydrogen-bond acceptors (Lipinski definition) is 5. The summed E-state index contributed by atoms with van der Waals surface area (Å²) in [6.07, 6.45) is 0.610. The molecule has 0 spiro atoms. The van der Waals surface area contributed by atoms with Gasteiger partial charge in [0.15, 0.2) is 11.8 Å². The van der Waals surface area contributed by atoms with Gasteiger partial charge in [-0.25, -0.2) is 9.78 Å². The Hall–Kier alpha value is -2.89. The molecule has 0 bridgehead atoms. The van der Waals surface area contributed by atoms with E-state index in [1.165, 1.54) is 6.92 Å². The molecule has 0 aliphatic carbocycles. The van der Waals surface area contributed by atoms with E-state index in [0.29, 0.717) is 18.2 Å². The minimum Gasteiger partial charge on any atom is -0.448 e. The summed E-state index contributed by atoms with van der Waals surface area (Å²) in [6, 6.07) is 9.22. The van der Waals surface area contributed by atoms with E-state index in [2.05, 4.69) is 16.9 Å². The van der Waals surface area contributed by atoms with E-state index in [1.807, 2.05) is 30.3 Å². The van der Waals surface area contributed by atoms with Crippen LogP contribution in [0.4, 0.5) is 0 Å². The summed E-state index contributed by atoms with van der Waals surface area (Å²) in [4.78, 5) is 28.0. The van der Waals surface area contributed by atoms with Crippen molar-refractivity contribution in [2.45, 2.75) is 20.0 Å². The highest BCUT2D eigenvalue weighted by atomic mass is 16.5. The summed E-state index contributed by atoms with van der Waals surface area (Å²) in [5.41, 5.74) is 0.818. The number of ether oxygens (including phenoxy) is 1. The maximum Gasteiger partial charge on any atom is 0.361 e. The van der Waals surface area contributed by atoms with E-state index in [-0.39, 0.29) is 5.69 Å². The highest BCUT2D eigenvalue weighted by Crippen LogP contribution is 2.22. The van der Waals surface area contributed by atoms with Crippen molar-refractivity contribution in [3.8, 4) is 11.5 Å². The molecule has 0 saturated carbocycles. The van der Waals surface area contributed by atoms with Crippen LogP contribution in [-0.2, 0) is 9.53 Å². The third-order valence-electron chi connectivity index (χ3n) is 3.08. The Morgan fingerprint density at radius 3 is 2.74 bits per heavy atom. The number of benzene rings is 1. The molecule has 0 fully saturated rings. The van der Waals surface area contributed by atoms with E-state index in [0.717, 1.165) is 5.56 Å². The third kappa shape index (κ3) is 4.06. The summed E-state index contributed by atoms with van der Waals surface area (Å²) in [5.74, 6) is -0.427. The largest absolute Gasteiger partial charge is 0.448 e. The fraction of sp³-hybridized carbons (Fsp3) is 0.235. The zero-order chi connectivity index (χ0) is 16.8. The maximum atomic E-state index is 12.2. The molecule has 1 amide bonds. The summed E-state index contributed by atoms with van der Waals surface area (Å²) >= 11 is 0. The van der Waals surface area contributed by atoms with E-state index >= 15 is 0 Å². The molecule has 0 unspecified atom stereocenters. The molecule has 1 N–H and O–H groups in total. The van der Waals surface area contributed by atoms with Gasteiger partial charge in [0.2, 0.25) is 5.89 Å². The van der Waals surface area contributed by atoms with Gasteiger partial charge < -0.3 is 14.5 Å². The van der Waals surface area contributed by atoms with Gasteiger partial charge >= 0.3 is 5.97 Å². The first-order chi connectivity index (χ1) is 11.0. The Balaban J connectivity index is 2.10. The zero-order valence-electron chi connectivity index (χ0n) is 13.0. The van der Waals surface area contributed by atoms with Crippen molar-refractivity contribution >= 4 is 11.9 Å². The predicted octanol–water partition coefficient (Wildman–Crippen LogP) is 2.50. The van der Waals surface area contributed by atoms with Gasteiger partial charge in [-0.3, -0.25) is 4.79 Å². The lowest BCUT2D eigenvalue weighted by Gasteiger charge is -2.11. The van der Waals surface area contributed by atoms with Crippen LogP contribution >= 0.6 is 0 Å². The summed E-state index contributed by atoms with van der Waals surface area (Å²) in [7, 11) is 0. The topological polar surface area (TPSA) is 81.4 Å². The minimum absolute atomic E-state index is 0.0622. The first-order valence-corrected chi connectivity index (χ1v) is 7.15. The van der Waals surface area contributed by atoms with Crippen LogP contribution in [0.25, 0.3) is 11.5 Å². The van der Waals surface area contributed by atoms with Crippen molar-refractivity contribution < 1.29 is 18.7 Å². The average molecular weight is 314 g/mol. The van der Waals surface area contributed by atoms with Crippen LogP contribution in [0.2, 0.25) is 0 Å². The van der Waals surface area contributed by atoms with Gasteiger partial charge in [0.25, 0.3) is 5.91 Å². The number of aryl methyl sites for hydroxylation is 1. The van der Waals surface area contributed by atoms with Crippen LogP contribution in [0.5, 0.6) is 0 Å². The van der Waals surface area contributed by atoms with Crippen LogP contribution in [0.3, 0.4) is 0 Å². The molecule has 2 rings (SSSR count). The molecule has 1 heterocycles. The van der Waals surface area contributed by atoms with Crippen molar-refractivity contribution in [2.75, 3.05) is 6.54 Å². The molecule has 6 nitrogen and oxygen atoms in total. The number of nitrogens with zero attached hydrogens (tertiary/aromatic N) is 1. The molecular weight excluding hydrogens is 296 g/mol. The van der Waals surface area contributed by atoms with Gasteiger partial charge in [0.05, 0.1) is 0 Å². The zero-order valence-corrected chi connectivity index (χ0v) is 13.0. The fourth-order valence-corrected chi connectivity index (χ4v) is 1.88. The first-order valence-electron chi connectivity index (χ1n) is 7.15. The minimum atomic E-state index is -0.932. The van der Waals surface area contributed by atoms with Crippen LogP contribution in [-0.4, -0.2) is 29.5 Å². The number of aromatic nitrogens is 1. The predicted molar refractivity (Wildman–Crippen MR) is 84.8 cm³/mol. The van der Waals surface area contributed by atoms with E-state index < -0.39 is 18.0 Å². The van der Waals surface area contributed by atoms with Gasteiger partial charge in [0.1, 0.15) is 5.76 Å². The monoisotopic (exact) mass is 314 g/mol. The molecule has 120 valence electrons. The quantitative estimate of drug-likeness (QED) is 0.654. The lowest BCUT2D eigenvalue weighted by molar-refractivity contribution is -0.128. The molecule has 0 radical (unpaired) electrons. The van der Waals surface area contributed by atoms with Crippen molar-refractivity contribution in [3.05, 3.63) is 54.4 Å². The highest BCUT2D eigenvalue weighted by Gasteiger charge is 2.24. The Labute approximate surface area is 134 Å². The molecule has 0 aliphatic heterocycles. The van der Waals surface area contributed by atoms with Crippen LogP contribution in [0.1, 0.15) is 23.2 Å². The third-order valence-corrected chi connectivity index (χ3v) is 3.08. The molecule has 1 aromatic carbocycles. The average Bonchev–Trinajstić information content (AvgIpc) is 2.95. The van der Waals surface area contributed by atoms with Crippen molar-refractivity contribution in [2.24, 2.45) is 0 Å². The molecule has 0 saturated heterocycles. The number of oxazole rings is 1. The Kier molecular flexibility index (Phi) is 5.30. The van der Waals surface area contributed by atoms with E-state index in [1.54, 1.807) is 13.0 Å². The van der Waals surface area contributed by atoms with Crippen molar-refractivity contribution in [1.29, 1.82) is 0 Å². The van der Waals surface area contributed by atoms with Crippen LogP contribution < -0.4 is 5.32 Å². The van der Waals surface area contributed by atoms with E-state index in [9.17, 15) is 9.59 Å². The Morgan fingerprint density at radius 2 is 2.09 bits per heavy atom. The number of hydrogen-bond donors (Lipinski definition) is 1. The number of carbonyl (C=O) groups excluding carboxylic acids is 2. The number of rotatable bonds is 6. The second kappa shape index (κ2) is 7.40. The molecule has 6 heteroatoms. The highest BCUT2D eigenvalue weighted by molar-refractivity contribution is 5.91. The summed E-state index contributed by atoms with van der Waals surface area (Å²) in [6.45, 7) is 6.92. The number of nitrogens with one attached hydrogen (secondary N) is 1. The second-order valence-corrected chi connectivity index (χ2v) is 4.87. The molecule has 0 aliphatic rings. The number of carbonyl (C=O) groups is 2. The molecule has 2 aromatic rings. The molecule has 1 atom stereocenters. The summed E-state index contributed by atoms with van der Waals surface area (Å²) < 4.78 is 10.6.